The van der Waals surface area contributed by atoms with Crippen molar-refractivity contribution in [2.45, 2.75) is 50.6 Å². The van der Waals surface area contributed by atoms with E-state index < -0.39 is 0 Å². The van der Waals surface area contributed by atoms with Crippen LogP contribution < -0.4 is 5.32 Å². The number of rotatable bonds is 7. The standard InChI is InChI=1S/C20H28N2O.ClH/c1-2-11-22(12-10-16-6-4-3-5-7-16)20(23)15-17-13-18-8-9-19(14-17)21-18;/h2-7,17-19,21H,1,8-15H2;1H. The maximum absolute atomic E-state index is 12.7. The van der Waals surface area contributed by atoms with Gasteiger partial charge >= 0.3 is 0 Å². The minimum Gasteiger partial charge on any atom is -0.339 e. The first kappa shape index (κ1) is 19.0. The van der Waals surface area contributed by atoms with Gasteiger partial charge in [-0.1, -0.05) is 36.4 Å². The summed E-state index contributed by atoms with van der Waals surface area (Å²) in [5.41, 5.74) is 1.29. The summed E-state index contributed by atoms with van der Waals surface area (Å²) in [6.07, 6.45) is 8.38. The third-order valence-electron chi connectivity index (χ3n) is 5.25. The zero-order valence-corrected chi connectivity index (χ0v) is 15.1. The van der Waals surface area contributed by atoms with Crippen molar-refractivity contribution in [2.75, 3.05) is 13.1 Å². The Bertz CT molecular complexity index is 522. The number of halogens is 1. The molecule has 2 aliphatic heterocycles. The van der Waals surface area contributed by atoms with E-state index in [-0.39, 0.29) is 12.4 Å². The van der Waals surface area contributed by atoms with Crippen molar-refractivity contribution < 1.29 is 4.79 Å². The second-order valence-corrected chi connectivity index (χ2v) is 7.04. The van der Waals surface area contributed by atoms with E-state index in [9.17, 15) is 4.79 Å². The molecule has 2 aliphatic rings. The van der Waals surface area contributed by atoms with Crippen molar-refractivity contribution in [3.8, 4) is 0 Å². The third kappa shape index (κ3) is 5.09. The molecule has 3 rings (SSSR count). The van der Waals surface area contributed by atoms with Crippen molar-refractivity contribution in [2.24, 2.45) is 5.92 Å². The summed E-state index contributed by atoms with van der Waals surface area (Å²) in [6.45, 7) is 5.26. The van der Waals surface area contributed by atoms with E-state index in [1.165, 1.54) is 31.2 Å². The number of hydrogen-bond acceptors (Lipinski definition) is 2. The number of carbonyl (C=O) groups excluding carboxylic acids is 1. The van der Waals surface area contributed by atoms with Crippen LogP contribution in [0.25, 0.3) is 0 Å². The van der Waals surface area contributed by atoms with Gasteiger partial charge < -0.3 is 10.2 Å². The Hall–Kier alpha value is -1.32. The second kappa shape index (κ2) is 9.24. The van der Waals surface area contributed by atoms with Gasteiger partial charge in [-0.15, -0.1) is 19.0 Å². The number of nitrogens with one attached hydrogen (secondary N) is 1. The highest BCUT2D eigenvalue weighted by Crippen LogP contribution is 2.32. The first-order chi connectivity index (χ1) is 11.2. The molecule has 2 fully saturated rings. The van der Waals surface area contributed by atoms with Gasteiger partial charge in [0.05, 0.1) is 0 Å². The molecular weight excluding hydrogens is 320 g/mol. The highest BCUT2D eigenvalue weighted by atomic mass is 35.5. The Morgan fingerprint density at radius 3 is 2.50 bits per heavy atom. The molecule has 0 saturated carbocycles. The van der Waals surface area contributed by atoms with Gasteiger partial charge in [0, 0.05) is 31.6 Å². The maximum atomic E-state index is 12.7. The molecule has 1 amide bonds. The van der Waals surface area contributed by atoms with Gasteiger partial charge in [0.15, 0.2) is 0 Å². The van der Waals surface area contributed by atoms with Gasteiger partial charge in [0.25, 0.3) is 0 Å². The predicted molar refractivity (Wildman–Crippen MR) is 101 cm³/mol. The van der Waals surface area contributed by atoms with Gasteiger partial charge in [0.1, 0.15) is 0 Å². The van der Waals surface area contributed by atoms with Crippen LogP contribution in [0.5, 0.6) is 0 Å². The molecule has 132 valence electrons. The first-order valence-corrected chi connectivity index (χ1v) is 8.93. The Labute approximate surface area is 151 Å². The number of piperidine rings is 1. The van der Waals surface area contributed by atoms with Crippen LogP contribution in [0.4, 0.5) is 0 Å². The van der Waals surface area contributed by atoms with Crippen molar-refractivity contribution in [1.29, 1.82) is 0 Å². The van der Waals surface area contributed by atoms with E-state index in [1.807, 2.05) is 17.0 Å². The molecule has 0 radical (unpaired) electrons. The maximum Gasteiger partial charge on any atom is 0.223 e. The molecule has 0 aromatic heterocycles. The normalized spacial score (nSPS) is 24.9. The fourth-order valence-electron chi connectivity index (χ4n) is 4.10. The van der Waals surface area contributed by atoms with E-state index in [0.717, 1.165) is 13.0 Å². The first-order valence-electron chi connectivity index (χ1n) is 8.93. The molecule has 2 bridgehead atoms. The largest absolute Gasteiger partial charge is 0.339 e. The molecule has 4 heteroatoms. The Kier molecular flexibility index (Phi) is 7.32. The highest BCUT2D eigenvalue weighted by molar-refractivity contribution is 5.85. The van der Waals surface area contributed by atoms with Crippen LogP contribution in [-0.2, 0) is 11.2 Å². The molecule has 2 atom stereocenters. The van der Waals surface area contributed by atoms with Gasteiger partial charge in [0.2, 0.25) is 5.91 Å². The Morgan fingerprint density at radius 1 is 1.21 bits per heavy atom. The summed E-state index contributed by atoms with van der Waals surface area (Å²) in [5, 5.41) is 3.65. The van der Waals surface area contributed by atoms with Gasteiger partial charge in [-0.05, 0) is 43.6 Å². The van der Waals surface area contributed by atoms with Gasteiger partial charge in [-0.25, -0.2) is 0 Å². The van der Waals surface area contributed by atoms with Crippen molar-refractivity contribution in [3.05, 3.63) is 48.6 Å². The summed E-state index contributed by atoms with van der Waals surface area (Å²) in [7, 11) is 0. The minimum absolute atomic E-state index is 0. The van der Waals surface area contributed by atoms with Gasteiger partial charge in [-0.2, -0.15) is 0 Å². The molecule has 2 heterocycles. The van der Waals surface area contributed by atoms with Crippen LogP contribution in [0.15, 0.2) is 43.0 Å². The summed E-state index contributed by atoms with van der Waals surface area (Å²) in [6, 6.07) is 11.7. The second-order valence-electron chi connectivity index (χ2n) is 7.04. The van der Waals surface area contributed by atoms with Crippen LogP contribution in [0.2, 0.25) is 0 Å². The molecule has 24 heavy (non-hydrogen) atoms. The lowest BCUT2D eigenvalue weighted by Crippen LogP contribution is -2.41. The van der Waals surface area contributed by atoms with Gasteiger partial charge in [-0.3, -0.25) is 4.79 Å². The quantitative estimate of drug-likeness (QED) is 0.764. The predicted octanol–water partition coefficient (Wildman–Crippen LogP) is 3.59. The molecule has 2 unspecified atom stereocenters. The number of benzene rings is 1. The van der Waals surface area contributed by atoms with Crippen molar-refractivity contribution >= 4 is 18.3 Å². The molecule has 0 aliphatic carbocycles. The lowest BCUT2D eigenvalue weighted by atomic mass is 9.89. The fraction of sp³-hybridized carbons (Fsp3) is 0.550. The van der Waals surface area contributed by atoms with E-state index in [2.05, 4.69) is 36.2 Å². The summed E-state index contributed by atoms with van der Waals surface area (Å²) >= 11 is 0. The average Bonchev–Trinajstić information content (AvgIpc) is 2.91. The summed E-state index contributed by atoms with van der Waals surface area (Å²) in [5.74, 6) is 0.859. The Balaban J connectivity index is 0.00000208. The molecule has 0 spiro atoms. The lowest BCUT2D eigenvalue weighted by molar-refractivity contribution is -0.132. The number of nitrogens with zero attached hydrogens (tertiary/aromatic N) is 1. The topological polar surface area (TPSA) is 32.3 Å². The molecular formula is C20H29ClN2O. The molecule has 1 N–H and O–H groups in total. The number of fused-ring (bicyclic) bond motifs is 2. The monoisotopic (exact) mass is 348 g/mol. The SMILES string of the molecule is C=CCN(CCc1ccccc1)C(=O)CC1CC2CCC(C1)N2.Cl. The van der Waals surface area contributed by atoms with Crippen LogP contribution in [-0.4, -0.2) is 36.0 Å². The Morgan fingerprint density at radius 2 is 1.88 bits per heavy atom. The average molecular weight is 349 g/mol. The van der Waals surface area contributed by atoms with Crippen LogP contribution in [0, 0.1) is 5.92 Å². The molecule has 3 nitrogen and oxygen atoms in total. The fourth-order valence-corrected chi connectivity index (χ4v) is 4.10. The van der Waals surface area contributed by atoms with E-state index in [0.29, 0.717) is 36.9 Å². The summed E-state index contributed by atoms with van der Waals surface area (Å²) in [4.78, 5) is 14.7. The minimum atomic E-state index is 0. The zero-order chi connectivity index (χ0) is 16.1. The molecule has 1 aromatic carbocycles. The lowest BCUT2D eigenvalue weighted by Gasteiger charge is -2.30. The third-order valence-corrected chi connectivity index (χ3v) is 5.25. The van der Waals surface area contributed by atoms with E-state index in [1.54, 1.807) is 0 Å². The van der Waals surface area contributed by atoms with Crippen molar-refractivity contribution in [1.82, 2.24) is 10.2 Å². The molecule has 1 aromatic rings. The van der Waals surface area contributed by atoms with Crippen LogP contribution >= 0.6 is 12.4 Å². The highest BCUT2D eigenvalue weighted by Gasteiger charge is 2.34. The zero-order valence-electron chi connectivity index (χ0n) is 14.3. The number of carbonyl (C=O) groups is 1. The van der Waals surface area contributed by atoms with E-state index >= 15 is 0 Å². The number of hydrogen-bond donors (Lipinski definition) is 1. The van der Waals surface area contributed by atoms with Crippen LogP contribution in [0.3, 0.4) is 0 Å². The summed E-state index contributed by atoms with van der Waals surface area (Å²) < 4.78 is 0. The molecule has 2 saturated heterocycles. The van der Waals surface area contributed by atoms with Crippen LogP contribution in [0.1, 0.15) is 37.7 Å². The smallest absolute Gasteiger partial charge is 0.223 e. The van der Waals surface area contributed by atoms with E-state index in [4.69, 9.17) is 0 Å². The number of amides is 1. The van der Waals surface area contributed by atoms with Crippen molar-refractivity contribution in [3.63, 3.8) is 0 Å².